The molecule has 4 N–H and O–H groups in total. The zero-order chi connectivity index (χ0) is 49.9. The first-order valence-corrected chi connectivity index (χ1v) is 22.6. The van der Waals surface area contributed by atoms with Crippen LogP contribution in [0.4, 0.5) is 0 Å². The lowest BCUT2D eigenvalue weighted by atomic mass is 9.54. The summed E-state index contributed by atoms with van der Waals surface area (Å²) in [6.45, 7) is 14.2. The molecule has 0 amide bonds. The molecule has 6 aromatic carbocycles. The van der Waals surface area contributed by atoms with Gasteiger partial charge in [0.25, 0.3) is 0 Å². The van der Waals surface area contributed by atoms with Crippen molar-refractivity contribution in [2.45, 2.75) is 99.5 Å². The number of methoxy groups -OCH3 is 1. The van der Waals surface area contributed by atoms with Crippen LogP contribution in [-0.2, 0) is 23.9 Å². The molecule has 0 saturated heterocycles. The maximum Gasteiger partial charge on any atom is 0.308 e. The van der Waals surface area contributed by atoms with Gasteiger partial charge in [-0.1, -0.05) is 142 Å². The highest BCUT2D eigenvalue weighted by Crippen LogP contribution is 2.57. The number of benzene rings is 6. The molecular formula is C56H76O10. The third kappa shape index (κ3) is 24.2. The monoisotopic (exact) mass is 909 g/mol. The summed E-state index contributed by atoms with van der Waals surface area (Å²) in [6.07, 6.45) is 7.66. The highest BCUT2D eigenvalue weighted by Gasteiger charge is 2.52. The predicted molar refractivity (Wildman–Crippen MR) is 269 cm³/mol. The second kappa shape index (κ2) is 35.1. The van der Waals surface area contributed by atoms with Crippen molar-refractivity contribution in [2.75, 3.05) is 21.3 Å². The maximum absolute atomic E-state index is 11.1. The van der Waals surface area contributed by atoms with Gasteiger partial charge >= 0.3 is 17.9 Å². The van der Waals surface area contributed by atoms with Crippen LogP contribution in [0, 0.1) is 24.7 Å². The van der Waals surface area contributed by atoms with Gasteiger partial charge in [-0.05, 0) is 121 Å². The molecule has 0 aliphatic heterocycles. The van der Waals surface area contributed by atoms with E-state index in [1.807, 2.05) is 46.8 Å². The van der Waals surface area contributed by atoms with Crippen LogP contribution in [0.5, 0.6) is 17.2 Å². The van der Waals surface area contributed by atoms with Crippen LogP contribution in [0.3, 0.4) is 0 Å². The standard InChI is InChI=1S/C12H18O2.2C10H8.C8H8O3.C7H8O.C3H6O2.2C2H6.2CH4O/c1-8(13)14-12-5-9-2-10(6-12)4-11(3-9)7-12;2*1-2-6-10-8-4-3-7-9(10)5-1;1-6(9)11-8-4-2-7(10)3-5-8;1-6-2-4-7(8)5-3-6;1-3(4)5-2;4*1-2/h9-11H,2-7H2,1H3;2*1-8H;2-5,10H,1H3;2-5,8H,1H3;1-2H3;2*1-2H3;2*2H,1H3. The first-order valence-electron chi connectivity index (χ1n) is 22.6. The second-order valence-electron chi connectivity index (χ2n) is 15.0. The molecule has 4 saturated carbocycles. The highest BCUT2D eigenvalue weighted by atomic mass is 16.6. The van der Waals surface area contributed by atoms with Gasteiger partial charge in [0, 0.05) is 35.0 Å². The van der Waals surface area contributed by atoms with Gasteiger partial charge in [0.1, 0.15) is 22.8 Å². The quantitative estimate of drug-likeness (QED) is 0.0973. The lowest BCUT2D eigenvalue weighted by Gasteiger charge is -2.55. The van der Waals surface area contributed by atoms with E-state index in [-0.39, 0.29) is 29.3 Å². The van der Waals surface area contributed by atoms with Crippen LogP contribution in [-0.4, -0.2) is 65.3 Å². The van der Waals surface area contributed by atoms with E-state index >= 15 is 0 Å². The largest absolute Gasteiger partial charge is 0.508 e. The Labute approximate surface area is 394 Å². The van der Waals surface area contributed by atoms with Crippen molar-refractivity contribution >= 4 is 39.5 Å². The molecule has 4 aliphatic carbocycles. The molecule has 360 valence electrons. The number of carbonyl (C=O) groups is 3. The Balaban J connectivity index is 0.000000758. The van der Waals surface area contributed by atoms with E-state index in [1.165, 1.54) is 91.6 Å². The minimum absolute atomic E-state index is 0.0272. The summed E-state index contributed by atoms with van der Waals surface area (Å²) in [7, 11) is 3.35. The number of esters is 3. The van der Waals surface area contributed by atoms with Crippen LogP contribution < -0.4 is 4.74 Å². The minimum atomic E-state index is -0.365. The van der Waals surface area contributed by atoms with Gasteiger partial charge in [-0.15, -0.1) is 0 Å². The fraction of sp³-hybridized carbons (Fsp3) is 0.375. The molecule has 4 bridgehead atoms. The Bertz CT molecular complexity index is 1920. The Kier molecular flexibility index (Phi) is 31.8. The second-order valence-corrected chi connectivity index (χ2v) is 15.0. The highest BCUT2D eigenvalue weighted by molar-refractivity contribution is 5.82. The van der Waals surface area contributed by atoms with E-state index in [0.29, 0.717) is 11.5 Å². The van der Waals surface area contributed by atoms with Crippen molar-refractivity contribution in [1.29, 1.82) is 0 Å². The van der Waals surface area contributed by atoms with Crippen LogP contribution in [0.25, 0.3) is 21.5 Å². The minimum Gasteiger partial charge on any atom is -0.508 e. The first kappa shape index (κ1) is 59.8. The van der Waals surface area contributed by atoms with Crippen molar-refractivity contribution in [3.05, 3.63) is 151 Å². The summed E-state index contributed by atoms with van der Waals surface area (Å²) in [5.41, 5.74) is 1.14. The number of aliphatic hydroxyl groups is 2. The van der Waals surface area contributed by atoms with Crippen molar-refractivity contribution in [1.82, 2.24) is 0 Å². The molecule has 0 spiro atoms. The zero-order valence-corrected chi connectivity index (χ0v) is 41.1. The van der Waals surface area contributed by atoms with E-state index in [2.05, 4.69) is 102 Å². The number of rotatable bonds is 2. The van der Waals surface area contributed by atoms with E-state index in [1.54, 1.807) is 19.1 Å². The molecule has 10 rings (SSSR count). The SMILES string of the molecule is CC.CC.CC(=O)OC12CC3CC(CC(C3)C1)C2.CC(=O)Oc1ccc(O)cc1.CO.CO.COC(C)=O.Cc1ccc(O)cc1.c1ccc2ccccc2c1.c1ccc2ccccc2c1. The average Bonchev–Trinajstić information content (AvgIpc) is 3.33. The molecule has 0 aromatic heterocycles. The number of phenolic OH excluding ortho intramolecular Hbond substituents is 2. The van der Waals surface area contributed by atoms with Gasteiger partial charge in [0.15, 0.2) is 0 Å². The topological polar surface area (TPSA) is 160 Å². The first-order chi connectivity index (χ1) is 31.8. The van der Waals surface area contributed by atoms with Crippen LogP contribution in [0.2, 0.25) is 0 Å². The van der Waals surface area contributed by atoms with Gasteiger partial charge in [-0.25, -0.2) is 0 Å². The Hall–Kier alpha value is -6.23. The van der Waals surface area contributed by atoms with E-state index in [0.717, 1.165) is 51.2 Å². The molecule has 0 unspecified atom stereocenters. The number of hydrogen-bond donors (Lipinski definition) is 4. The van der Waals surface area contributed by atoms with Crippen molar-refractivity contribution in [3.8, 4) is 17.2 Å². The lowest BCUT2D eigenvalue weighted by Crippen LogP contribution is -2.52. The molecule has 0 atom stereocenters. The Morgan fingerprint density at radius 3 is 0.970 bits per heavy atom. The van der Waals surface area contributed by atoms with Gasteiger partial charge in [-0.2, -0.15) is 0 Å². The fourth-order valence-electron chi connectivity index (χ4n) is 7.95. The molecule has 0 radical (unpaired) electrons. The van der Waals surface area contributed by atoms with Gasteiger partial charge in [0.05, 0.1) is 7.11 Å². The van der Waals surface area contributed by atoms with Crippen LogP contribution in [0.15, 0.2) is 146 Å². The summed E-state index contributed by atoms with van der Waals surface area (Å²) in [6, 6.07) is 46.5. The summed E-state index contributed by atoms with van der Waals surface area (Å²) < 4.78 is 14.4. The number of fused-ring (bicyclic) bond motifs is 2. The number of aliphatic hydroxyl groups excluding tert-OH is 2. The fourth-order valence-corrected chi connectivity index (χ4v) is 7.95. The summed E-state index contributed by atoms with van der Waals surface area (Å²) in [4.78, 5) is 31.1. The van der Waals surface area contributed by atoms with Gasteiger partial charge < -0.3 is 34.6 Å². The summed E-state index contributed by atoms with van der Waals surface area (Å²) >= 11 is 0. The molecule has 10 nitrogen and oxygen atoms in total. The van der Waals surface area contributed by atoms with Crippen LogP contribution in [0.1, 0.15) is 92.6 Å². The zero-order valence-electron chi connectivity index (χ0n) is 41.1. The summed E-state index contributed by atoms with van der Waals surface area (Å²) in [5, 5.41) is 36.8. The van der Waals surface area contributed by atoms with Gasteiger partial charge in [0.2, 0.25) is 0 Å². The predicted octanol–water partition coefficient (Wildman–Crippen LogP) is 12.7. The lowest BCUT2D eigenvalue weighted by molar-refractivity contribution is -0.184. The van der Waals surface area contributed by atoms with Crippen molar-refractivity contribution < 1.29 is 49.0 Å². The Morgan fingerprint density at radius 1 is 0.470 bits per heavy atom. The average molecular weight is 909 g/mol. The molecular weight excluding hydrogens is 833 g/mol. The van der Waals surface area contributed by atoms with E-state index < -0.39 is 0 Å². The van der Waals surface area contributed by atoms with Crippen molar-refractivity contribution in [2.24, 2.45) is 17.8 Å². The number of hydrogen-bond acceptors (Lipinski definition) is 10. The normalized spacial score (nSPS) is 17.0. The number of carbonyl (C=O) groups excluding carboxylic acids is 3. The van der Waals surface area contributed by atoms with E-state index in [4.69, 9.17) is 29.9 Å². The third-order valence-corrected chi connectivity index (χ3v) is 10.1. The van der Waals surface area contributed by atoms with E-state index in [9.17, 15) is 14.4 Å². The number of aryl methyl sites for hydroxylation is 1. The molecule has 6 aromatic rings. The smallest absolute Gasteiger partial charge is 0.308 e. The number of aromatic hydroxyl groups is 2. The third-order valence-electron chi connectivity index (χ3n) is 10.1. The van der Waals surface area contributed by atoms with Crippen molar-refractivity contribution in [3.63, 3.8) is 0 Å². The molecule has 4 fully saturated rings. The van der Waals surface area contributed by atoms with Gasteiger partial charge in [-0.3, -0.25) is 14.4 Å². The molecule has 4 aliphatic rings. The Morgan fingerprint density at radius 2 is 0.742 bits per heavy atom. The molecule has 0 heterocycles. The van der Waals surface area contributed by atoms with Crippen LogP contribution >= 0.6 is 0 Å². The maximum atomic E-state index is 11.1. The molecule has 10 heteroatoms. The number of ether oxygens (including phenoxy) is 3. The molecule has 66 heavy (non-hydrogen) atoms. The summed E-state index contributed by atoms with van der Waals surface area (Å²) in [5.74, 6) is 2.82. The number of phenols is 2.